The molecule has 0 aromatic carbocycles. The van der Waals surface area contributed by atoms with Crippen LogP contribution >= 0.6 is 11.3 Å². The number of hydrogen-bond acceptors (Lipinski definition) is 4. The first-order valence-electron chi connectivity index (χ1n) is 6.52. The van der Waals surface area contributed by atoms with Gasteiger partial charge in [0.25, 0.3) is 0 Å². The average Bonchev–Trinajstić information content (AvgIpc) is 2.72. The topological polar surface area (TPSA) is 76.2 Å². The van der Waals surface area contributed by atoms with E-state index in [9.17, 15) is 9.90 Å². The van der Waals surface area contributed by atoms with Crippen LogP contribution in [-0.2, 0) is 16.6 Å². The van der Waals surface area contributed by atoms with Crippen LogP contribution in [0.25, 0.3) is 0 Å². The van der Waals surface area contributed by atoms with E-state index in [0.29, 0.717) is 6.42 Å². The summed E-state index contributed by atoms with van der Waals surface area (Å²) in [5.41, 5.74) is 5.82. The van der Waals surface area contributed by atoms with E-state index in [-0.39, 0.29) is 17.9 Å². The Kier molecular flexibility index (Phi) is 4.74. The van der Waals surface area contributed by atoms with E-state index in [4.69, 9.17) is 5.73 Å². The second-order valence-corrected chi connectivity index (χ2v) is 7.32. The number of nitrogens with zero attached hydrogens (tertiary/aromatic N) is 1. The Balaban J connectivity index is 3.05. The van der Waals surface area contributed by atoms with Gasteiger partial charge in [-0.05, 0) is 5.92 Å². The van der Waals surface area contributed by atoms with Crippen LogP contribution in [-0.4, -0.2) is 22.6 Å². The molecule has 3 N–H and O–H groups in total. The second kappa shape index (κ2) is 5.59. The average molecular weight is 284 g/mol. The summed E-state index contributed by atoms with van der Waals surface area (Å²) in [6, 6.07) is 0. The SMILES string of the molecule is CC(C)C(CN)(Cc1nc(C(C)(C)C)cs1)C(=O)O. The Labute approximate surface area is 119 Å². The predicted molar refractivity (Wildman–Crippen MR) is 78.5 cm³/mol. The number of aliphatic carboxylic acids is 1. The van der Waals surface area contributed by atoms with Gasteiger partial charge in [-0.2, -0.15) is 0 Å². The number of carbonyl (C=O) groups is 1. The second-order valence-electron chi connectivity index (χ2n) is 6.37. The van der Waals surface area contributed by atoms with Crippen molar-refractivity contribution in [1.82, 2.24) is 4.98 Å². The smallest absolute Gasteiger partial charge is 0.311 e. The minimum atomic E-state index is -0.924. The van der Waals surface area contributed by atoms with Gasteiger partial charge in [0.05, 0.1) is 16.1 Å². The lowest BCUT2D eigenvalue weighted by molar-refractivity contribution is -0.151. The molecule has 0 amide bonds. The fraction of sp³-hybridized carbons (Fsp3) is 0.714. The van der Waals surface area contributed by atoms with Gasteiger partial charge in [-0.1, -0.05) is 34.6 Å². The van der Waals surface area contributed by atoms with Gasteiger partial charge >= 0.3 is 5.97 Å². The van der Waals surface area contributed by atoms with Crippen molar-refractivity contribution < 1.29 is 9.90 Å². The van der Waals surface area contributed by atoms with Crippen LogP contribution in [0, 0.1) is 11.3 Å². The van der Waals surface area contributed by atoms with Gasteiger partial charge in [0.1, 0.15) is 0 Å². The van der Waals surface area contributed by atoms with Gasteiger partial charge in [0.2, 0.25) is 0 Å². The third-order valence-corrected chi connectivity index (χ3v) is 4.53. The van der Waals surface area contributed by atoms with Crippen molar-refractivity contribution in [3.05, 3.63) is 16.1 Å². The molecule has 1 heterocycles. The monoisotopic (exact) mass is 284 g/mol. The maximum absolute atomic E-state index is 11.6. The zero-order valence-corrected chi connectivity index (χ0v) is 13.2. The van der Waals surface area contributed by atoms with Crippen LogP contribution in [0.2, 0.25) is 0 Å². The molecular weight excluding hydrogens is 260 g/mol. The van der Waals surface area contributed by atoms with Crippen LogP contribution in [0.5, 0.6) is 0 Å². The standard InChI is InChI=1S/C14H24N2O2S/c1-9(2)14(8-15,12(17)18)6-11-16-10(7-19-11)13(3,4)5/h7,9H,6,8,15H2,1-5H3,(H,17,18). The summed E-state index contributed by atoms with van der Waals surface area (Å²) in [4.78, 5) is 16.2. The number of rotatable bonds is 5. The molecule has 1 aromatic rings. The van der Waals surface area contributed by atoms with E-state index < -0.39 is 11.4 Å². The zero-order valence-electron chi connectivity index (χ0n) is 12.4. The number of thiazole rings is 1. The molecule has 0 fully saturated rings. The molecule has 0 spiro atoms. The predicted octanol–water partition coefficient (Wildman–Crippen LogP) is 2.67. The number of hydrogen-bond donors (Lipinski definition) is 2. The molecule has 0 aliphatic heterocycles. The Hall–Kier alpha value is -0.940. The quantitative estimate of drug-likeness (QED) is 0.871. The summed E-state index contributed by atoms with van der Waals surface area (Å²) in [6.45, 7) is 10.2. The third kappa shape index (κ3) is 3.34. The first kappa shape index (κ1) is 16.1. The van der Waals surface area contributed by atoms with Gasteiger partial charge in [0.15, 0.2) is 0 Å². The first-order chi connectivity index (χ1) is 8.63. The lowest BCUT2D eigenvalue weighted by atomic mass is 9.74. The van der Waals surface area contributed by atoms with Crippen LogP contribution in [0.15, 0.2) is 5.38 Å². The Morgan fingerprint density at radius 3 is 2.37 bits per heavy atom. The van der Waals surface area contributed by atoms with E-state index in [1.54, 1.807) is 0 Å². The summed E-state index contributed by atoms with van der Waals surface area (Å²) < 4.78 is 0. The van der Waals surface area contributed by atoms with Crippen molar-refractivity contribution in [3.8, 4) is 0 Å². The number of carboxylic acid groups (broad SMARTS) is 1. The van der Waals surface area contributed by atoms with Gasteiger partial charge in [-0.15, -0.1) is 11.3 Å². The maximum Gasteiger partial charge on any atom is 0.311 e. The van der Waals surface area contributed by atoms with Crippen molar-refractivity contribution in [3.63, 3.8) is 0 Å². The molecule has 1 atom stereocenters. The third-order valence-electron chi connectivity index (χ3n) is 3.68. The first-order valence-corrected chi connectivity index (χ1v) is 7.40. The normalized spacial score (nSPS) is 15.5. The molecule has 0 radical (unpaired) electrons. The van der Waals surface area contributed by atoms with E-state index in [1.165, 1.54) is 11.3 Å². The van der Waals surface area contributed by atoms with E-state index in [1.807, 2.05) is 19.2 Å². The number of carboxylic acids is 1. The highest BCUT2D eigenvalue weighted by Gasteiger charge is 2.41. The zero-order chi connectivity index (χ0) is 14.8. The van der Waals surface area contributed by atoms with Crippen molar-refractivity contribution in [2.24, 2.45) is 17.1 Å². The fourth-order valence-electron chi connectivity index (χ4n) is 1.93. The van der Waals surface area contributed by atoms with Crippen LogP contribution in [0.4, 0.5) is 0 Å². The van der Waals surface area contributed by atoms with Crippen LogP contribution in [0.1, 0.15) is 45.3 Å². The molecule has 1 unspecified atom stereocenters. The molecule has 0 saturated carbocycles. The minimum Gasteiger partial charge on any atom is -0.481 e. The molecule has 1 aromatic heterocycles. The highest BCUT2D eigenvalue weighted by Crippen LogP contribution is 2.33. The van der Waals surface area contributed by atoms with Crippen molar-refractivity contribution in [2.75, 3.05) is 6.54 Å². The molecule has 0 aliphatic carbocycles. The summed E-state index contributed by atoms with van der Waals surface area (Å²) in [5.74, 6) is -0.866. The number of aromatic nitrogens is 1. The van der Waals surface area contributed by atoms with Crippen molar-refractivity contribution >= 4 is 17.3 Å². The van der Waals surface area contributed by atoms with Crippen LogP contribution in [0.3, 0.4) is 0 Å². The van der Waals surface area contributed by atoms with E-state index in [0.717, 1.165) is 10.7 Å². The lowest BCUT2D eigenvalue weighted by Crippen LogP contribution is -2.45. The summed E-state index contributed by atoms with van der Waals surface area (Å²) >= 11 is 1.52. The molecule has 5 heteroatoms. The van der Waals surface area contributed by atoms with Crippen molar-refractivity contribution in [1.29, 1.82) is 0 Å². The van der Waals surface area contributed by atoms with Crippen molar-refractivity contribution in [2.45, 2.75) is 46.5 Å². The molecule has 0 saturated heterocycles. The van der Waals surface area contributed by atoms with Gasteiger partial charge in [0, 0.05) is 23.8 Å². The molecular formula is C14H24N2O2S. The minimum absolute atomic E-state index is 0.0127. The van der Waals surface area contributed by atoms with Crippen LogP contribution < -0.4 is 5.73 Å². The summed E-state index contributed by atoms with van der Waals surface area (Å²) in [7, 11) is 0. The van der Waals surface area contributed by atoms with Gasteiger partial charge < -0.3 is 10.8 Å². The molecule has 0 bridgehead atoms. The maximum atomic E-state index is 11.6. The molecule has 19 heavy (non-hydrogen) atoms. The lowest BCUT2D eigenvalue weighted by Gasteiger charge is -2.31. The molecule has 108 valence electrons. The van der Waals surface area contributed by atoms with E-state index in [2.05, 4.69) is 25.8 Å². The fourth-order valence-corrected chi connectivity index (χ4v) is 3.07. The Bertz CT molecular complexity index is 449. The number of nitrogens with two attached hydrogens (primary N) is 1. The van der Waals surface area contributed by atoms with Gasteiger partial charge in [-0.25, -0.2) is 4.98 Å². The highest BCUT2D eigenvalue weighted by atomic mass is 32.1. The highest BCUT2D eigenvalue weighted by molar-refractivity contribution is 7.09. The Morgan fingerprint density at radius 2 is 2.05 bits per heavy atom. The summed E-state index contributed by atoms with van der Waals surface area (Å²) in [5, 5.41) is 12.4. The molecule has 1 rings (SSSR count). The van der Waals surface area contributed by atoms with E-state index >= 15 is 0 Å². The Morgan fingerprint density at radius 1 is 1.47 bits per heavy atom. The summed E-state index contributed by atoms with van der Waals surface area (Å²) in [6.07, 6.45) is 0.400. The van der Waals surface area contributed by atoms with Gasteiger partial charge in [-0.3, -0.25) is 4.79 Å². The molecule has 4 nitrogen and oxygen atoms in total. The molecule has 0 aliphatic rings. The largest absolute Gasteiger partial charge is 0.481 e.